The number of fused-ring (bicyclic) bond motifs is 1. The average Bonchev–Trinajstić information content (AvgIpc) is 3.03. The van der Waals surface area contributed by atoms with E-state index < -0.39 is 29.8 Å². The lowest BCUT2D eigenvalue weighted by atomic mass is 10.1. The third kappa shape index (κ3) is 5.70. The van der Waals surface area contributed by atoms with Gasteiger partial charge in [-0.25, -0.2) is 0 Å². The van der Waals surface area contributed by atoms with E-state index in [1.165, 1.54) is 41.8 Å². The summed E-state index contributed by atoms with van der Waals surface area (Å²) < 4.78 is 0. The van der Waals surface area contributed by atoms with Gasteiger partial charge in [-0.3, -0.25) is 19.2 Å². The molecule has 0 spiro atoms. The molecule has 0 saturated heterocycles. The number of phenolic OH excluding ortho intramolecular Hbond substituents is 1. The van der Waals surface area contributed by atoms with Gasteiger partial charge in [-0.05, 0) is 50.2 Å². The van der Waals surface area contributed by atoms with Crippen molar-refractivity contribution in [2.75, 3.05) is 22.9 Å². The third-order valence-corrected chi connectivity index (χ3v) is 6.45. The van der Waals surface area contributed by atoms with Crippen molar-refractivity contribution in [3.63, 3.8) is 0 Å². The Bertz CT molecular complexity index is 1450. The number of nitrogens with zero attached hydrogens (tertiary/aromatic N) is 2. The van der Waals surface area contributed by atoms with E-state index in [1.807, 2.05) is 0 Å². The fraction of sp³-hybridized carbons (Fsp3) is 0.207. The molecule has 10 heteroatoms. The quantitative estimate of drug-likeness (QED) is 0.273. The molecule has 1 unspecified atom stereocenters. The van der Waals surface area contributed by atoms with Crippen molar-refractivity contribution in [2.24, 2.45) is 5.73 Å². The maximum atomic E-state index is 13.9. The Balaban J connectivity index is 1.78. The second-order valence-electron chi connectivity index (χ2n) is 9.31. The number of hydrogen-bond donors (Lipinski definition) is 4. The number of benzene rings is 3. The fourth-order valence-electron chi connectivity index (χ4n) is 4.33. The molecule has 0 aromatic heterocycles. The van der Waals surface area contributed by atoms with E-state index in [9.17, 15) is 24.3 Å². The Labute approximate surface area is 225 Å². The first-order chi connectivity index (χ1) is 18.6. The lowest BCUT2D eigenvalue weighted by molar-refractivity contribution is -0.127. The summed E-state index contributed by atoms with van der Waals surface area (Å²) in [6, 6.07) is 17.2. The number of amides is 3. The maximum absolute atomic E-state index is 13.9. The molecule has 0 fully saturated rings. The summed E-state index contributed by atoms with van der Waals surface area (Å²) in [6.07, 6.45) is 0. The van der Waals surface area contributed by atoms with E-state index in [0.717, 1.165) is 0 Å². The molecular formula is C29H29N5O5. The van der Waals surface area contributed by atoms with Crippen LogP contribution in [0.5, 0.6) is 5.75 Å². The van der Waals surface area contributed by atoms with E-state index in [4.69, 9.17) is 11.1 Å². The zero-order valence-electron chi connectivity index (χ0n) is 21.5. The minimum Gasteiger partial charge on any atom is -0.507 e. The van der Waals surface area contributed by atoms with Crippen LogP contribution in [0.2, 0.25) is 0 Å². The Hall–Kier alpha value is -4.83. The summed E-state index contributed by atoms with van der Waals surface area (Å²) in [5.74, 6) is -1.80. The highest BCUT2D eigenvalue weighted by molar-refractivity contribution is 6.15. The SMILES string of the molecule is CC(=O)c1ccc(C(=O)N2CC(NC(=O)[C@H](C)N)C(=O)N(CC(=N)c3ccccc3O)c3ccccc32)cc1. The molecule has 1 heterocycles. The van der Waals surface area contributed by atoms with Crippen LogP contribution in [-0.2, 0) is 9.59 Å². The first-order valence-corrected chi connectivity index (χ1v) is 12.3. The third-order valence-electron chi connectivity index (χ3n) is 6.45. The van der Waals surface area contributed by atoms with Crippen molar-refractivity contribution in [3.8, 4) is 5.75 Å². The maximum Gasteiger partial charge on any atom is 0.258 e. The second-order valence-corrected chi connectivity index (χ2v) is 9.31. The molecule has 4 rings (SSSR count). The second kappa shape index (κ2) is 11.3. The lowest BCUT2D eigenvalue weighted by Gasteiger charge is -2.26. The fourth-order valence-corrected chi connectivity index (χ4v) is 4.33. The van der Waals surface area contributed by atoms with E-state index in [1.54, 1.807) is 54.6 Å². The summed E-state index contributed by atoms with van der Waals surface area (Å²) in [6.45, 7) is 2.49. The smallest absolute Gasteiger partial charge is 0.258 e. The molecule has 1 aliphatic rings. The van der Waals surface area contributed by atoms with Gasteiger partial charge in [0, 0.05) is 16.7 Å². The van der Waals surface area contributed by atoms with Crippen molar-refractivity contribution in [3.05, 3.63) is 89.5 Å². The summed E-state index contributed by atoms with van der Waals surface area (Å²) in [7, 11) is 0. The number of hydrogen-bond acceptors (Lipinski definition) is 7. The molecule has 39 heavy (non-hydrogen) atoms. The van der Waals surface area contributed by atoms with Crippen LogP contribution in [0.25, 0.3) is 0 Å². The topological polar surface area (TPSA) is 157 Å². The number of anilines is 2. The van der Waals surface area contributed by atoms with Gasteiger partial charge in [0.15, 0.2) is 5.78 Å². The van der Waals surface area contributed by atoms with E-state index in [-0.39, 0.29) is 41.5 Å². The molecule has 1 aliphatic heterocycles. The highest BCUT2D eigenvalue weighted by Gasteiger charge is 2.38. The molecule has 3 aromatic rings. The summed E-state index contributed by atoms with van der Waals surface area (Å²) >= 11 is 0. The summed E-state index contributed by atoms with van der Waals surface area (Å²) in [4.78, 5) is 54.6. The number of carbonyl (C=O) groups is 4. The van der Waals surface area contributed by atoms with Crippen LogP contribution in [0.4, 0.5) is 11.4 Å². The van der Waals surface area contributed by atoms with Gasteiger partial charge in [-0.15, -0.1) is 0 Å². The van der Waals surface area contributed by atoms with Gasteiger partial charge in [-0.1, -0.05) is 36.4 Å². The van der Waals surface area contributed by atoms with Gasteiger partial charge >= 0.3 is 0 Å². The van der Waals surface area contributed by atoms with Gasteiger partial charge in [0.2, 0.25) is 5.91 Å². The molecular weight excluding hydrogens is 498 g/mol. The highest BCUT2D eigenvalue weighted by atomic mass is 16.3. The van der Waals surface area contributed by atoms with Crippen molar-refractivity contribution in [1.29, 1.82) is 5.41 Å². The highest BCUT2D eigenvalue weighted by Crippen LogP contribution is 2.34. The van der Waals surface area contributed by atoms with E-state index in [2.05, 4.69) is 5.32 Å². The Morgan fingerprint density at radius 2 is 1.59 bits per heavy atom. The van der Waals surface area contributed by atoms with E-state index >= 15 is 0 Å². The first kappa shape index (κ1) is 27.2. The van der Waals surface area contributed by atoms with Crippen molar-refractivity contribution < 1.29 is 24.3 Å². The molecule has 3 aromatic carbocycles. The Morgan fingerprint density at radius 3 is 2.21 bits per heavy atom. The molecule has 3 amide bonds. The Kier molecular flexibility index (Phi) is 7.87. The number of para-hydroxylation sites is 3. The van der Waals surface area contributed by atoms with Gasteiger partial charge in [-0.2, -0.15) is 0 Å². The number of aromatic hydroxyl groups is 1. The molecule has 0 saturated carbocycles. The van der Waals surface area contributed by atoms with Crippen LogP contribution in [0, 0.1) is 5.41 Å². The summed E-state index contributed by atoms with van der Waals surface area (Å²) in [5.41, 5.74) is 7.46. The number of nitrogens with two attached hydrogens (primary N) is 1. The molecule has 10 nitrogen and oxygen atoms in total. The minimum absolute atomic E-state index is 0.0341. The lowest BCUT2D eigenvalue weighted by Crippen LogP contribution is -2.56. The normalized spacial score (nSPS) is 15.7. The van der Waals surface area contributed by atoms with Gasteiger partial charge < -0.3 is 31.4 Å². The minimum atomic E-state index is -1.17. The number of nitrogens with one attached hydrogen (secondary N) is 2. The van der Waals surface area contributed by atoms with Crippen LogP contribution >= 0.6 is 0 Å². The number of Topliss-reactive ketones (excluding diaryl/α,β-unsaturated/α-hetero) is 1. The molecule has 2 atom stereocenters. The number of ketones is 1. The van der Waals surface area contributed by atoms with Crippen LogP contribution in [0.1, 0.15) is 40.1 Å². The monoisotopic (exact) mass is 527 g/mol. The predicted molar refractivity (Wildman–Crippen MR) is 147 cm³/mol. The number of phenols is 1. The zero-order chi connectivity index (χ0) is 28.3. The standard InChI is InChI=1S/C29H29N5O5/c1-17(30)27(37)32-23-16-34(28(38)20-13-11-19(12-14-20)18(2)35)25-9-5-4-8-24(25)33(29(23)39)15-22(31)21-7-3-6-10-26(21)36/h3-14,17,23,31,36H,15-16,30H2,1-2H3,(H,32,37)/t17-,23?/m0/s1. The average molecular weight is 528 g/mol. The van der Waals surface area contributed by atoms with Crippen LogP contribution in [0.3, 0.4) is 0 Å². The summed E-state index contributed by atoms with van der Waals surface area (Å²) in [5, 5.41) is 21.5. The van der Waals surface area contributed by atoms with Gasteiger partial charge in [0.05, 0.1) is 36.2 Å². The first-order valence-electron chi connectivity index (χ1n) is 12.3. The molecule has 0 radical (unpaired) electrons. The van der Waals surface area contributed by atoms with Crippen molar-refractivity contribution in [1.82, 2.24) is 5.32 Å². The molecule has 0 bridgehead atoms. The van der Waals surface area contributed by atoms with Crippen molar-refractivity contribution >= 4 is 40.6 Å². The van der Waals surface area contributed by atoms with Crippen LogP contribution < -0.4 is 20.9 Å². The predicted octanol–water partition coefficient (Wildman–Crippen LogP) is 2.49. The number of rotatable bonds is 7. The molecule has 5 N–H and O–H groups in total. The van der Waals surface area contributed by atoms with E-state index in [0.29, 0.717) is 16.9 Å². The molecule has 0 aliphatic carbocycles. The number of carbonyl (C=O) groups excluding carboxylic acids is 4. The van der Waals surface area contributed by atoms with Gasteiger partial charge in [0.25, 0.3) is 11.8 Å². The van der Waals surface area contributed by atoms with Crippen LogP contribution in [-0.4, -0.2) is 59.5 Å². The van der Waals surface area contributed by atoms with Crippen LogP contribution in [0.15, 0.2) is 72.8 Å². The zero-order valence-corrected chi connectivity index (χ0v) is 21.5. The molecule has 200 valence electrons. The Morgan fingerprint density at radius 1 is 1.00 bits per heavy atom. The largest absolute Gasteiger partial charge is 0.507 e. The van der Waals surface area contributed by atoms with Gasteiger partial charge in [0.1, 0.15) is 11.8 Å². The van der Waals surface area contributed by atoms with Crippen molar-refractivity contribution in [2.45, 2.75) is 25.9 Å².